The molecular weight excluding hydrogens is 262 g/mol. The van der Waals surface area contributed by atoms with E-state index >= 15 is 0 Å². The monoisotopic (exact) mass is 287 g/mol. The van der Waals surface area contributed by atoms with Crippen LogP contribution in [0.2, 0.25) is 0 Å². The largest absolute Gasteiger partial charge is 0.492 e. The summed E-state index contributed by atoms with van der Waals surface area (Å²) in [6, 6.07) is 12.8. The summed E-state index contributed by atoms with van der Waals surface area (Å²) in [7, 11) is 0. The van der Waals surface area contributed by atoms with Gasteiger partial charge in [-0.1, -0.05) is 50.2 Å². The molecule has 0 bridgehead atoms. The summed E-state index contributed by atoms with van der Waals surface area (Å²) in [5.74, 6) is 1.06. The third-order valence-corrected chi connectivity index (χ3v) is 3.71. The van der Waals surface area contributed by atoms with Gasteiger partial charge in [0.05, 0.1) is 6.61 Å². The number of benzene rings is 2. The molecule has 0 saturated carbocycles. The first kappa shape index (κ1) is 15.8. The highest BCUT2D eigenvalue weighted by molar-refractivity contribution is 5.89. The number of ether oxygens (including phenoxy) is 1. The fourth-order valence-electron chi connectivity index (χ4n) is 2.46. The number of nitrogens with one attached hydrogen (secondary N) is 1. The van der Waals surface area contributed by atoms with Crippen LogP contribution < -0.4 is 10.1 Å². The molecule has 0 aliphatic rings. The summed E-state index contributed by atoms with van der Waals surface area (Å²) >= 11 is 0. The van der Waals surface area contributed by atoms with Gasteiger partial charge in [-0.15, -0.1) is 0 Å². The van der Waals surface area contributed by atoms with E-state index in [0.717, 1.165) is 17.7 Å². The van der Waals surface area contributed by atoms with Gasteiger partial charge in [-0.2, -0.15) is 0 Å². The molecule has 2 N–H and O–H groups in total. The number of aliphatic hydroxyl groups excluding tert-OH is 1. The first-order chi connectivity index (χ1) is 10.2. The Bertz CT molecular complexity index is 582. The zero-order valence-corrected chi connectivity index (χ0v) is 13.1. The molecule has 0 aromatic heterocycles. The van der Waals surface area contributed by atoms with Crippen molar-refractivity contribution in [1.29, 1.82) is 0 Å². The first-order valence-electron chi connectivity index (χ1n) is 7.66. The maximum Gasteiger partial charge on any atom is 0.131 e. The minimum absolute atomic E-state index is 0.131. The molecule has 2 aromatic rings. The number of fused-ring (bicyclic) bond motifs is 1. The van der Waals surface area contributed by atoms with Gasteiger partial charge in [0, 0.05) is 29.5 Å². The Morgan fingerprint density at radius 1 is 1.14 bits per heavy atom. The van der Waals surface area contributed by atoms with E-state index in [-0.39, 0.29) is 18.6 Å². The zero-order chi connectivity index (χ0) is 15.2. The van der Waals surface area contributed by atoms with Gasteiger partial charge in [-0.05, 0) is 18.9 Å². The van der Waals surface area contributed by atoms with Gasteiger partial charge in [-0.25, -0.2) is 0 Å². The van der Waals surface area contributed by atoms with Gasteiger partial charge >= 0.3 is 0 Å². The third-order valence-electron chi connectivity index (χ3n) is 3.71. The van der Waals surface area contributed by atoms with E-state index in [2.05, 4.69) is 43.4 Å². The lowest BCUT2D eigenvalue weighted by molar-refractivity contribution is 0.174. The summed E-state index contributed by atoms with van der Waals surface area (Å²) in [5.41, 5.74) is 1.17. The van der Waals surface area contributed by atoms with Crippen molar-refractivity contribution < 1.29 is 9.84 Å². The van der Waals surface area contributed by atoms with Gasteiger partial charge in [0.1, 0.15) is 5.75 Å². The summed E-state index contributed by atoms with van der Waals surface area (Å²) in [6.07, 6.45) is 0. The van der Waals surface area contributed by atoms with Crippen LogP contribution in [0.15, 0.2) is 36.4 Å². The Kier molecular flexibility index (Phi) is 5.59. The molecule has 0 radical (unpaired) electrons. The normalized spacial score (nSPS) is 14.1. The summed E-state index contributed by atoms with van der Waals surface area (Å²) in [5, 5.41) is 14.9. The van der Waals surface area contributed by atoms with Crippen molar-refractivity contribution in [2.24, 2.45) is 5.92 Å². The molecule has 2 rings (SSSR count). The van der Waals surface area contributed by atoms with Crippen LogP contribution in [0, 0.1) is 5.92 Å². The topological polar surface area (TPSA) is 41.5 Å². The highest BCUT2D eigenvalue weighted by Gasteiger charge is 2.15. The Balaban J connectivity index is 2.41. The second-order valence-electron chi connectivity index (χ2n) is 5.58. The van der Waals surface area contributed by atoms with E-state index in [1.54, 1.807) is 0 Å². The van der Waals surface area contributed by atoms with E-state index in [0.29, 0.717) is 6.61 Å². The van der Waals surface area contributed by atoms with Crippen molar-refractivity contribution in [2.45, 2.75) is 26.8 Å². The van der Waals surface area contributed by atoms with Crippen LogP contribution in [0.1, 0.15) is 32.4 Å². The molecule has 2 aromatic carbocycles. The van der Waals surface area contributed by atoms with Crippen molar-refractivity contribution in [1.82, 2.24) is 5.32 Å². The van der Waals surface area contributed by atoms with Crippen LogP contribution in [0.3, 0.4) is 0 Å². The number of aliphatic hydroxyl groups is 1. The lowest BCUT2D eigenvalue weighted by Gasteiger charge is -2.21. The van der Waals surface area contributed by atoms with Crippen molar-refractivity contribution >= 4 is 10.8 Å². The highest BCUT2D eigenvalue weighted by Crippen LogP contribution is 2.34. The van der Waals surface area contributed by atoms with Gasteiger partial charge in [0.25, 0.3) is 0 Å². The molecule has 3 heteroatoms. The average Bonchev–Trinajstić information content (AvgIpc) is 2.52. The van der Waals surface area contributed by atoms with E-state index in [1.807, 2.05) is 19.1 Å². The molecular formula is C18H25NO2. The smallest absolute Gasteiger partial charge is 0.131 e. The predicted octanol–water partition coefficient (Wildman–Crippen LogP) is 3.52. The van der Waals surface area contributed by atoms with Crippen LogP contribution in [-0.4, -0.2) is 24.9 Å². The second kappa shape index (κ2) is 7.43. The predicted molar refractivity (Wildman–Crippen MR) is 87.8 cm³/mol. The summed E-state index contributed by atoms with van der Waals surface area (Å²) in [6.45, 7) is 7.82. The molecule has 0 saturated heterocycles. The van der Waals surface area contributed by atoms with E-state index in [4.69, 9.17) is 4.74 Å². The SMILES string of the molecule is CCNC(C)c1ccc2ccccc2c1OCC(C)CO. The molecule has 0 aliphatic carbocycles. The van der Waals surface area contributed by atoms with Crippen molar-refractivity contribution in [2.75, 3.05) is 19.8 Å². The van der Waals surface area contributed by atoms with Crippen LogP contribution in [-0.2, 0) is 0 Å². The Morgan fingerprint density at radius 2 is 1.90 bits per heavy atom. The number of rotatable bonds is 7. The minimum Gasteiger partial charge on any atom is -0.492 e. The molecule has 0 aliphatic heterocycles. The zero-order valence-electron chi connectivity index (χ0n) is 13.1. The molecule has 114 valence electrons. The molecule has 0 amide bonds. The quantitative estimate of drug-likeness (QED) is 0.818. The molecule has 3 nitrogen and oxygen atoms in total. The van der Waals surface area contributed by atoms with Gasteiger partial charge in [0.15, 0.2) is 0 Å². The standard InChI is InChI=1S/C18H25NO2/c1-4-19-14(3)16-10-9-15-7-5-6-8-17(15)18(16)21-12-13(2)11-20/h5-10,13-14,19-20H,4,11-12H2,1-3H3. The highest BCUT2D eigenvalue weighted by atomic mass is 16.5. The molecule has 2 unspecified atom stereocenters. The maximum absolute atomic E-state index is 9.20. The second-order valence-corrected chi connectivity index (χ2v) is 5.58. The van der Waals surface area contributed by atoms with Gasteiger partial charge < -0.3 is 15.2 Å². The van der Waals surface area contributed by atoms with Crippen LogP contribution in [0.4, 0.5) is 0 Å². The molecule has 21 heavy (non-hydrogen) atoms. The molecule has 0 spiro atoms. The van der Waals surface area contributed by atoms with Crippen molar-refractivity contribution in [3.05, 3.63) is 42.0 Å². The van der Waals surface area contributed by atoms with E-state index < -0.39 is 0 Å². The Labute approximate surface area is 126 Å². The lowest BCUT2D eigenvalue weighted by atomic mass is 10.0. The van der Waals surface area contributed by atoms with Crippen LogP contribution in [0.5, 0.6) is 5.75 Å². The molecule has 2 atom stereocenters. The fourth-order valence-corrected chi connectivity index (χ4v) is 2.46. The molecule has 0 heterocycles. The average molecular weight is 287 g/mol. The minimum atomic E-state index is 0.131. The van der Waals surface area contributed by atoms with Crippen molar-refractivity contribution in [3.8, 4) is 5.75 Å². The summed E-state index contributed by atoms with van der Waals surface area (Å²) < 4.78 is 6.07. The van der Waals surface area contributed by atoms with Gasteiger partial charge in [-0.3, -0.25) is 0 Å². The van der Waals surface area contributed by atoms with Crippen LogP contribution >= 0.6 is 0 Å². The van der Waals surface area contributed by atoms with Crippen molar-refractivity contribution in [3.63, 3.8) is 0 Å². The fraction of sp³-hybridized carbons (Fsp3) is 0.444. The van der Waals surface area contributed by atoms with E-state index in [9.17, 15) is 5.11 Å². The van der Waals surface area contributed by atoms with Crippen LogP contribution in [0.25, 0.3) is 10.8 Å². The number of hydrogen-bond donors (Lipinski definition) is 2. The number of hydrogen-bond acceptors (Lipinski definition) is 3. The third kappa shape index (κ3) is 3.74. The Hall–Kier alpha value is -1.58. The lowest BCUT2D eigenvalue weighted by Crippen LogP contribution is -2.20. The van der Waals surface area contributed by atoms with Gasteiger partial charge in [0.2, 0.25) is 0 Å². The Morgan fingerprint density at radius 3 is 2.62 bits per heavy atom. The molecule has 0 fully saturated rings. The summed E-state index contributed by atoms with van der Waals surface area (Å²) in [4.78, 5) is 0. The first-order valence-corrected chi connectivity index (χ1v) is 7.66. The maximum atomic E-state index is 9.20. The van der Waals surface area contributed by atoms with E-state index in [1.165, 1.54) is 10.9 Å².